The van der Waals surface area contributed by atoms with Crippen molar-refractivity contribution in [1.29, 1.82) is 0 Å². The van der Waals surface area contributed by atoms with Crippen LogP contribution in [-0.4, -0.2) is 52.9 Å². The summed E-state index contributed by atoms with van der Waals surface area (Å²) in [5, 5.41) is 0.660. The van der Waals surface area contributed by atoms with Crippen LogP contribution in [0.4, 0.5) is 0 Å². The second-order valence-corrected chi connectivity index (χ2v) is 8.52. The number of aromatic nitrogens is 1. The molecule has 0 N–H and O–H groups in total. The van der Waals surface area contributed by atoms with Crippen molar-refractivity contribution in [2.75, 3.05) is 26.2 Å². The summed E-state index contributed by atoms with van der Waals surface area (Å²) in [6.45, 7) is 3.58. The highest BCUT2D eigenvalue weighted by Gasteiger charge is 2.31. The van der Waals surface area contributed by atoms with Crippen LogP contribution in [0.2, 0.25) is 5.02 Å². The molecule has 1 unspecified atom stereocenters. The molecule has 1 aliphatic heterocycles. The van der Waals surface area contributed by atoms with Gasteiger partial charge in [-0.2, -0.15) is 0 Å². The van der Waals surface area contributed by atoms with E-state index in [1.54, 1.807) is 12.1 Å². The molecular weight excluding hydrogens is 370 g/mol. The number of hydrogen-bond acceptors (Lipinski definition) is 3. The van der Waals surface area contributed by atoms with Gasteiger partial charge in [-0.25, -0.2) is 0 Å². The second-order valence-electron chi connectivity index (χ2n) is 8.08. The number of nitrogens with zero attached hydrogens (tertiary/aromatic N) is 3. The van der Waals surface area contributed by atoms with Crippen molar-refractivity contribution in [3.05, 3.63) is 64.9 Å². The maximum atomic E-state index is 13.1. The highest BCUT2D eigenvalue weighted by Crippen LogP contribution is 2.27. The van der Waals surface area contributed by atoms with E-state index in [0.29, 0.717) is 17.0 Å². The van der Waals surface area contributed by atoms with Crippen molar-refractivity contribution in [1.82, 2.24) is 14.8 Å². The minimum atomic E-state index is 0.107. The topological polar surface area (TPSA) is 36.4 Å². The summed E-state index contributed by atoms with van der Waals surface area (Å²) < 4.78 is 0. The third-order valence-electron chi connectivity index (χ3n) is 6.07. The van der Waals surface area contributed by atoms with E-state index >= 15 is 0 Å². The Labute approximate surface area is 172 Å². The Kier molecular flexibility index (Phi) is 6.28. The Balaban J connectivity index is 1.52. The molecule has 28 heavy (non-hydrogen) atoms. The zero-order chi connectivity index (χ0) is 19.3. The first-order valence-electron chi connectivity index (χ1n) is 10.4. The van der Waals surface area contributed by atoms with E-state index in [4.69, 9.17) is 11.6 Å². The Morgan fingerprint density at radius 2 is 1.82 bits per heavy atom. The minimum absolute atomic E-state index is 0.107. The van der Waals surface area contributed by atoms with Crippen LogP contribution in [0.1, 0.15) is 41.7 Å². The van der Waals surface area contributed by atoms with Gasteiger partial charge in [-0.1, -0.05) is 30.5 Å². The van der Waals surface area contributed by atoms with Crippen LogP contribution in [0.25, 0.3) is 0 Å². The average Bonchev–Trinajstić information content (AvgIpc) is 3.17. The molecule has 2 aromatic rings. The van der Waals surface area contributed by atoms with Gasteiger partial charge in [0.25, 0.3) is 5.91 Å². The molecule has 0 spiro atoms. The standard InChI is InChI=1S/C23H28ClN3O/c24-20-10-8-19(9-11-20)23(28)27-14-13-26(22-6-1-2-7-22)16-18(17-27)15-21-5-3-4-12-25-21/h3-5,8-12,18,22H,1-2,6-7,13-17H2. The lowest BCUT2D eigenvalue weighted by atomic mass is 10.0. The average molecular weight is 398 g/mol. The zero-order valence-corrected chi connectivity index (χ0v) is 17.0. The number of halogens is 1. The molecule has 1 atom stereocenters. The number of carbonyl (C=O) groups excluding carboxylic acids is 1. The van der Waals surface area contributed by atoms with E-state index in [9.17, 15) is 4.79 Å². The molecule has 5 heteroatoms. The van der Waals surface area contributed by atoms with Gasteiger partial charge in [-0.15, -0.1) is 0 Å². The van der Waals surface area contributed by atoms with Crippen molar-refractivity contribution >= 4 is 17.5 Å². The number of hydrogen-bond donors (Lipinski definition) is 0. The molecule has 0 bridgehead atoms. The third-order valence-corrected chi connectivity index (χ3v) is 6.32. The smallest absolute Gasteiger partial charge is 0.253 e. The van der Waals surface area contributed by atoms with Gasteiger partial charge in [0.1, 0.15) is 0 Å². The Morgan fingerprint density at radius 3 is 2.54 bits per heavy atom. The number of amides is 1. The molecule has 1 amide bonds. The summed E-state index contributed by atoms with van der Waals surface area (Å²) >= 11 is 5.99. The molecule has 0 radical (unpaired) electrons. The summed E-state index contributed by atoms with van der Waals surface area (Å²) in [7, 11) is 0. The van der Waals surface area contributed by atoms with Crippen molar-refractivity contribution in [2.24, 2.45) is 5.92 Å². The van der Waals surface area contributed by atoms with Crippen molar-refractivity contribution in [3.63, 3.8) is 0 Å². The fourth-order valence-corrected chi connectivity index (χ4v) is 4.76. The van der Waals surface area contributed by atoms with Gasteiger partial charge in [0, 0.05) is 54.7 Å². The lowest BCUT2D eigenvalue weighted by Crippen LogP contribution is -2.38. The van der Waals surface area contributed by atoms with Crippen LogP contribution in [0, 0.1) is 5.92 Å². The fourth-order valence-electron chi connectivity index (χ4n) is 4.64. The lowest BCUT2D eigenvalue weighted by Gasteiger charge is -2.29. The van der Waals surface area contributed by atoms with E-state index in [0.717, 1.165) is 43.9 Å². The van der Waals surface area contributed by atoms with Gasteiger partial charge < -0.3 is 4.90 Å². The van der Waals surface area contributed by atoms with Crippen LogP contribution in [0.3, 0.4) is 0 Å². The predicted octanol–water partition coefficient (Wildman–Crippen LogP) is 4.29. The van der Waals surface area contributed by atoms with Gasteiger partial charge in [-0.3, -0.25) is 14.7 Å². The van der Waals surface area contributed by atoms with Crippen LogP contribution in [0.5, 0.6) is 0 Å². The van der Waals surface area contributed by atoms with Gasteiger partial charge in [0.15, 0.2) is 0 Å². The molecule has 1 aliphatic carbocycles. The Hall–Kier alpha value is -1.91. The van der Waals surface area contributed by atoms with Crippen LogP contribution in [0.15, 0.2) is 48.7 Å². The number of rotatable bonds is 4. The second kappa shape index (κ2) is 9.06. The van der Waals surface area contributed by atoms with Gasteiger partial charge >= 0.3 is 0 Å². The largest absolute Gasteiger partial charge is 0.337 e. The zero-order valence-electron chi connectivity index (χ0n) is 16.3. The Bertz CT molecular complexity index is 774. The maximum absolute atomic E-state index is 13.1. The number of benzene rings is 1. The molecule has 2 fully saturated rings. The van der Waals surface area contributed by atoms with E-state index < -0.39 is 0 Å². The fraction of sp³-hybridized carbons (Fsp3) is 0.478. The predicted molar refractivity (Wildman–Crippen MR) is 113 cm³/mol. The highest BCUT2D eigenvalue weighted by atomic mass is 35.5. The number of pyridine rings is 1. The first-order chi connectivity index (χ1) is 13.7. The molecule has 148 valence electrons. The molecule has 4 rings (SSSR count). The van der Waals surface area contributed by atoms with Crippen molar-refractivity contribution < 1.29 is 4.79 Å². The summed E-state index contributed by atoms with van der Waals surface area (Å²) in [5.74, 6) is 0.505. The quantitative estimate of drug-likeness (QED) is 0.771. The van der Waals surface area contributed by atoms with Crippen LogP contribution in [-0.2, 0) is 6.42 Å². The molecule has 1 aromatic heterocycles. The van der Waals surface area contributed by atoms with E-state index in [-0.39, 0.29) is 5.91 Å². The van der Waals surface area contributed by atoms with Gasteiger partial charge in [0.2, 0.25) is 0 Å². The monoisotopic (exact) mass is 397 g/mol. The molecule has 1 aromatic carbocycles. The number of carbonyl (C=O) groups is 1. The van der Waals surface area contributed by atoms with Gasteiger partial charge in [-0.05, 0) is 61.6 Å². The van der Waals surface area contributed by atoms with E-state index in [1.807, 2.05) is 35.4 Å². The summed E-state index contributed by atoms with van der Waals surface area (Å²) in [6, 6.07) is 14.0. The van der Waals surface area contributed by atoms with Crippen molar-refractivity contribution in [2.45, 2.75) is 38.1 Å². The Morgan fingerprint density at radius 1 is 1.04 bits per heavy atom. The first-order valence-corrected chi connectivity index (χ1v) is 10.8. The first kappa shape index (κ1) is 19.4. The summed E-state index contributed by atoms with van der Waals surface area (Å²) in [4.78, 5) is 22.3. The van der Waals surface area contributed by atoms with E-state index in [2.05, 4.69) is 16.0 Å². The molecule has 2 heterocycles. The SMILES string of the molecule is O=C(c1ccc(Cl)cc1)N1CCN(C2CCCC2)CC(Cc2ccccn2)C1. The minimum Gasteiger partial charge on any atom is -0.337 e. The molecular formula is C23H28ClN3O. The third kappa shape index (κ3) is 4.73. The molecule has 4 nitrogen and oxygen atoms in total. The normalized spacial score (nSPS) is 21.6. The molecule has 1 saturated carbocycles. The summed E-state index contributed by atoms with van der Waals surface area (Å²) in [5.41, 5.74) is 1.83. The summed E-state index contributed by atoms with van der Waals surface area (Å²) in [6.07, 6.45) is 8.02. The molecule has 2 aliphatic rings. The molecule has 1 saturated heterocycles. The van der Waals surface area contributed by atoms with Crippen LogP contribution >= 0.6 is 11.6 Å². The van der Waals surface area contributed by atoms with Crippen LogP contribution < -0.4 is 0 Å². The van der Waals surface area contributed by atoms with Crippen molar-refractivity contribution in [3.8, 4) is 0 Å². The van der Waals surface area contributed by atoms with E-state index in [1.165, 1.54) is 25.7 Å². The highest BCUT2D eigenvalue weighted by molar-refractivity contribution is 6.30. The lowest BCUT2D eigenvalue weighted by molar-refractivity contribution is 0.0744. The van der Waals surface area contributed by atoms with Gasteiger partial charge in [0.05, 0.1) is 0 Å². The maximum Gasteiger partial charge on any atom is 0.253 e.